The van der Waals surface area contributed by atoms with Gasteiger partial charge in [-0.3, -0.25) is 4.79 Å². The van der Waals surface area contributed by atoms with Crippen LogP contribution in [0, 0.1) is 5.92 Å². The van der Waals surface area contributed by atoms with Crippen LogP contribution in [-0.4, -0.2) is 11.5 Å². The number of hydrogen-bond donors (Lipinski definition) is 0. The molecule has 0 radical (unpaired) electrons. The number of ketones is 1. The zero-order valence-corrected chi connectivity index (χ0v) is 10.7. The molecule has 3 heteroatoms. The first-order valence-electron chi connectivity index (χ1n) is 5.65. The van der Waals surface area contributed by atoms with Gasteiger partial charge in [0.1, 0.15) is 5.78 Å². The smallest absolute Gasteiger partial charge is 0.143 e. The first kappa shape index (κ1) is 12.0. The van der Waals surface area contributed by atoms with E-state index in [-0.39, 0.29) is 0 Å². The van der Waals surface area contributed by atoms with Crippen LogP contribution < -0.4 is 0 Å². The minimum Gasteiger partial charge on any atom is -0.299 e. The van der Waals surface area contributed by atoms with E-state index in [0.29, 0.717) is 11.5 Å². The predicted molar refractivity (Wildman–Crippen MR) is 69.1 cm³/mol. The molecule has 1 nitrogen and oxygen atoms in total. The minimum atomic E-state index is 0.344. The van der Waals surface area contributed by atoms with Gasteiger partial charge in [0.05, 0.1) is 10.8 Å². The zero-order valence-electron chi connectivity index (χ0n) is 9.12. The molecule has 0 saturated heterocycles. The molecule has 86 valence electrons. The van der Waals surface area contributed by atoms with E-state index in [9.17, 15) is 4.79 Å². The van der Waals surface area contributed by atoms with E-state index >= 15 is 0 Å². The van der Waals surface area contributed by atoms with Gasteiger partial charge in [-0.25, -0.2) is 0 Å². The summed E-state index contributed by atoms with van der Waals surface area (Å²) in [6.45, 7) is 0. The molecule has 0 unspecified atom stereocenters. The monoisotopic (exact) mass is 254 g/mol. The van der Waals surface area contributed by atoms with E-state index in [4.69, 9.17) is 11.6 Å². The lowest BCUT2D eigenvalue weighted by atomic mass is 10.2. The highest BCUT2D eigenvalue weighted by Gasteiger charge is 2.21. The Morgan fingerprint density at radius 3 is 2.81 bits per heavy atom. The standard InChI is InChI=1S/C13H15ClOS/c14-12-3-1-2-4-13(12)16-9-11(15)8-7-10-5-6-10/h1-4,10H,5-9H2. The summed E-state index contributed by atoms with van der Waals surface area (Å²) >= 11 is 7.56. The van der Waals surface area contributed by atoms with Crippen molar-refractivity contribution in [3.8, 4) is 0 Å². The third-order valence-electron chi connectivity index (χ3n) is 2.75. The Morgan fingerprint density at radius 1 is 1.38 bits per heavy atom. The highest BCUT2D eigenvalue weighted by atomic mass is 35.5. The molecular weight excluding hydrogens is 240 g/mol. The molecule has 0 spiro atoms. The summed E-state index contributed by atoms with van der Waals surface area (Å²) < 4.78 is 0. The van der Waals surface area contributed by atoms with E-state index in [1.54, 1.807) is 11.8 Å². The van der Waals surface area contributed by atoms with Crippen molar-refractivity contribution in [2.24, 2.45) is 5.92 Å². The summed E-state index contributed by atoms with van der Waals surface area (Å²) in [5.74, 6) is 1.74. The van der Waals surface area contributed by atoms with Crippen molar-refractivity contribution >= 4 is 29.1 Å². The van der Waals surface area contributed by atoms with Crippen LogP contribution in [0.1, 0.15) is 25.7 Å². The van der Waals surface area contributed by atoms with Gasteiger partial charge in [-0.1, -0.05) is 36.6 Å². The number of Topliss-reactive ketones (excluding diaryl/α,β-unsaturated/α-hetero) is 1. The molecule has 1 aromatic carbocycles. The van der Waals surface area contributed by atoms with Gasteiger partial charge < -0.3 is 0 Å². The van der Waals surface area contributed by atoms with Crippen molar-refractivity contribution < 1.29 is 4.79 Å². The molecule has 1 saturated carbocycles. The summed E-state index contributed by atoms with van der Waals surface area (Å²) in [6.07, 6.45) is 4.47. The molecule has 0 aliphatic heterocycles. The lowest BCUT2D eigenvalue weighted by molar-refractivity contribution is -0.116. The maximum atomic E-state index is 11.6. The van der Waals surface area contributed by atoms with Crippen LogP contribution in [-0.2, 0) is 4.79 Å². The molecule has 1 aliphatic rings. The summed E-state index contributed by atoms with van der Waals surface area (Å²) in [4.78, 5) is 12.6. The van der Waals surface area contributed by atoms with E-state index in [0.717, 1.165) is 28.7 Å². The molecular formula is C13H15ClOS. The van der Waals surface area contributed by atoms with Crippen molar-refractivity contribution in [2.75, 3.05) is 5.75 Å². The van der Waals surface area contributed by atoms with Crippen LogP contribution in [0.5, 0.6) is 0 Å². The molecule has 1 aliphatic carbocycles. The summed E-state index contributed by atoms with van der Waals surface area (Å²) in [7, 11) is 0. The highest BCUT2D eigenvalue weighted by molar-refractivity contribution is 8.00. The number of hydrogen-bond acceptors (Lipinski definition) is 2. The molecule has 0 aromatic heterocycles. The molecule has 0 atom stereocenters. The van der Waals surface area contributed by atoms with Crippen molar-refractivity contribution in [3.05, 3.63) is 29.3 Å². The predicted octanol–water partition coefficient (Wildman–Crippen LogP) is 4.19. The van der Waals surface area contributed by atoms with E-state index in [1.807, 2.05) is 24.3 Å². The maximum Gasteiger partial charge on any atom is 0.143 e. The molecule has 16 heavy (non-hydrogen) atoms. The van der Waals surface area contributed by atoms with E-state index in [2.05, 4.69) is 0 Å². The highest BCUT2D eigenvalue weighted by Crippen LogP contribution is 2.34. The molecule has 0 amide bonds. The Kier molecular flexibility index (Phi) is 4.30. The molecule has 1 fully saturated rings. The van der Waals surface area contributed by atoms with Crippen LogP contribution in [0.2, 0.25) is 5.02 Å². The van der Waals surface area contributed by atoms with Crippen LogP contribution in [0.15, 0.2) is 29.2 Å². The summed E-state index contributed by atoms with van der Waals surface area (Å²) in [5.41, 5.74) is 0. The third kappa shape index (κ3) is 3.84. The van der Waals surface area contributed by atoms with Crippen molar-refractivity contribution in [2.45, 2.75) is 30.6 Å². The van der Waals surface area contributed by atoms with Crippen molar-refractivity contribution in [1.29, 1.82) is 0 Å². The number of halogens is 1. The Hall–Kier alpha value is -0.470. The quantitative estimate of drug-likeness (QED) is 0.708. The van der Waals surface area contributed by atoms with Crippen molar-refractivity contribution in [3.63, 3.8) is 0 Å². The average Bonchev–Trinajstić information content (AvgIpc) is 3.09. The Balaban J connectivity index is 1.73. The number of rotatable bonds is 6. The fourth-order valence-corrected chi connectivity index (χ4v) is 2.70. The second-order valence-corrected chi connectivity index (χ2v) is 5.66. The van der Waals surface area contributed by atoms with Gasteiger partial charge in [0.15, 0.2) is 0 Å². The van der Waals surface area contributed by atoms with Gasteiger partial charge >= 0.3 is 0 Å². The fraction of sp³-hybridized carbons (Fsp3) is 0.462. The first-order chi connectivity index (χ1) is 7.75. The van der Waals surface area contributed by atoms with Gasteiger partial charge in [0, 0.05) is 11.3 Å². The molecule has 1 aromatic rings. The van der Waals surface area contributed by atoms with Gasteiger partial charge in [-0.15, -0.1) is 11.8 Å². The molecule has 0 N–H and O–H groups in total. The average molecular weight is 255 g/mol. The van der Waals surface area contributed by atoms with Crippen LogP contribution in [0.25, 0.3) is 0 Å². The Bertz CT molecular complexity index is 374. The van der Waals surface area contributed by atoms with Gasteiger partial charge in [-0.2, -0.15) is 0 Å². The minimum absolute atomic E-state index is 0.344. The number of thioether (sulfide) groups is 1. The van der Waals surface area contributed by atoms with Crippen molar-refractivity contribution in [1.82, 2.24) is 0 Å². The topological polar surface area (TPSA) is 17.1 Å². The lowest BCUT2D eigenvalue weighted by Gasteiger charge is -2.03. The van der Waals surface area contributed by atoms with E-state index in [1.165, 1.54) is 12.8 Å². The second kappa shape index (κ2) is 5.74. The van der Waals surface area contributed by atoms with Crippen LogP contribution in [0.3, 0.4) is 0 Å². The van der Waals surface area contributed by atoms with Gasteiger partial charge in [-0.05, 0) is 24.5 Å². The van der Waals surface area contributed by atoms with Crippen LogP contribution in [0.4, 0.5) is 0 Å². The van der Waals surface area contributed by atoms with Gasteiger partial charge in [0.2, 0.25) is 0 Å². The Morgan fingerprint density at radius 2 is 2.12 bits per heavy atom. The lowest BCUT2D eigenvalue weighted by Crippen LogP contribution is -2.01. The molecule has 0 bridgehead atoms. The maximum absolute atomic E-state index is 11.6. The second-order valence-electron chi connectivity index (χ2n) is 4.24. The van der Waals surface area contributed by atoms with E-state index < -0.39 is 0 Å². The zero-order chi connectivity index (χ0) is 11.4. The Labute approximate surface area is 106 Å². The SMILES string of the molecule is O=C(CCC1CC1)CSc1ccccc1Cl. The normalized spacial score (nSPS) is 15.1. The fourth-order valence-electron chi connectivity index (χ4n) is 1.56. The number of carbonyl (C=O) groups is 1. The molecule has 2 rings (SSSR count). The number of carbonyl (C=O) groups excluding carboxylic acids is 1. The van der Waals surface area contributed by atoms with Gasteiger partial charge in [0.25, 0.3) is 0 Å². The number of benzene rings is 1. The van der Waals surface area contributed by atoms with Crippen LogP contribution >= 0.6 is 23.4 Å². The summed E-state index contributed by atoms with van der Waals surface area (Å²) in [5, 5.41) is 0.738. The summed E-state index contributed by atoms with van der Waals surface area (Å²) in [6, 6.07) is 7.67. The largest absolute Gasteiger partial charge is 0.299 e. The third-order valence-corrected chi connectivity index (χ3v) is 4.33. The first-order valence-corrected chi connectivity index (χ1v) is 7.01. The molecule has 0 heterocycles.